The summed E-state index contributed by atoms with van der Waals surface area (Å²) in [5.74, 6) is -0.859. The van der Waals surface area contributed by atoms with Gasteiger partial charge < -0.3 is 9.84 Å². The Morgan fingerprint density at radius 2 is 1.84 bits per heavy atom. The summed E-state index contributed by atoms with van der Waals surface area (Å²) in [6, 6.07) is 13.6. The van der Waals surface area contributed by atoms with E-state index < -0.39 is 12.1 Å². The quantitative estimate of drug-likeness (QED) is 0.581. The van der Waals surface area contributed by atoms with Gasteiger partial charge in [-0.15, -0.1) is 0 Å². The van der Waals surface area contributed by atoms with Crippen LogP contribution in [0.3, 0.4) is 0 Å². The monoisotopic (exact) mass is 452 g/mol. The maximum absolute atomic E-state index is 13.0. The van der Waals surface area contributed by atoms with Crippen LogP contribution in [0.25, 0.3) is 6.08 Å². The minimum absolute atomic E-state index is 0.0649. The van der Waals surface area contributed by atoms with Crippen molar-refractivity contribution in [2.24, 2.45) is 4.99 Å². The van der Waals surface area contributed by atoms with Crippen molar-refractivity contribution in [2.45, 2.75) is 33.3 Å². The summed E-state index contributed by atoms with van der Waals surface area (Å²) in [5, 5.41) is 9.83. The van der Waals surface area contributed by atoms with Crippen molar-refractivity contribution >= 4 is 46.4 Å². The zero-order valence-electron chi connectivity index (χ0n) is 18.1. The van der Waals surface area contributed by atoms with Crippen LogP contribution < -0.4 is 4.74 Å². The summed E-state index contributed by atoms with van der Waals surface area (Å²) in [4.78, 5) is 42.7. The zero-order valence-corrected chi connectivity index (χ0v) is 18.9. The van der Waals surface area contributed by atoms with E-state index in [9.17, 15) is 19.5 Å². The molecule has 1 atom stereocenters. The number of thioether (sulfide) groups is 1. The van der Waals surface area contributed by atoms with Crippen molar-refractivity contribution in [1.82, 2.24) is 4.90 Å². The van der Waals surface area contributed by atoms with Crippen molar-refractivity contribution < 1.29 is 24.2 Å². The molecule has 0 saturated carbocycles. The molecule has 0 aliphatic carbocycles. The zero-order chi connectivity index (χ0) is 23.3. The predicted molar refractivity (Wildman–Crippen MR) is 125 cm³/mol. The highest BCUT2D eigenvalue weighted by Gasteiger charge is 2.33. The molecule has 8 heteroatoms. The number of benzene rings is 2. The molecule has 1 aliphatic rings. The number of rotatable bonds is 8. The third-order valence-electron chi connectivity index (χ3n) is 4.85. The van der Waals surface area contributed by atoms with E-state index in [1.165, 1.54) is 29.7 Å². The van der Waals surface area contributed by atoms with Gasteiger partial charge in [-0.1, -0.05) is 37.3 Å². The van der Waals surface area contributed by atoms with E-state index >= 15 is 0 Å². The number of carboxylic acid groups (broad SMARTS) is 1. The molecule has 32 heavy (non-hydrogen) atoms. The van der Waals surface area contributed by atoms with Crippen molar-refractivity contribution in [3.63, 3.8) is 0 Å². The Morgan fingerprint density at radius 1 is 1.16 bits per heavy atom. The van der Waals surface area contributed by atoms with Crippen LogP contribution in [0.1, 0.15) is 43.1 Å². The molecule has 0 radical (unpaired) electrons. The summed E-state index contributed by atoms with van der Waals surface area (Å²) < 4.78 is 5.90. The first-order valence-electron chi connectivity index (χ1n) is 10.2. The Labute approximate surface area is 190 Å². The number of likely N-dealkylation sites (N-methyl/N-ethyl adjacent to an activating group) is 1. The van der Waals surface area contributed by atoms with Gasteiger partial charge in [0, 0.05) is 12.1 Å². The van der Waals surface area contributed by atoms with Gasteiger partial charge in [-0.2, -0.15) is 0 Å². The molecule has 2 aromatic carbocycles. The van der Waals surface area contributed by atoms with Gasteiger partial charge >= 0.3 is 5.97 Å². The SMILES string of the molecule is CCC(Oc1ccccc1/C=C1\SC(=Nc2ccccc2C(=O)O)N(CC)C1=O)C(C)=O. The number of nitrogens with zero attached hydrogens (tertiary/aromatic N) is 2. The van der Waals surface area contributed by atoms with Crippen LogP contribution in [0.5, 0.6) is 5.75 Å². The van der Waals surface area contributed by atoms with Gasteiger partial charge in [0.2, 0.25) is 0 Å². The van der Waals surface area contributed by atoms with Crippen molar-refractivity contribution in [3.8, 4) is 5.75 Å². The molecule has 0 bridgehead atoms. The third kappa shape index (κ3) is 5.08. The number of carboxylic acids is 1. The van der Waals surface area contributed by atoms with Gasteiger partial charge in [-0.3, -0.25) is 14.5 Å². The van der Waals surface area contributed by atoms with E-state index in [1.807, 2.05) is 32.0 Å². The van der Waals surface area contributed by atoms with Gasteiger partial charge in [-0.25, -0.2) is 9.79 Å². The number of para-hydroxylation sites is 2. The van der Waals surface area contributed by atoms with E-state index in [1.54, 1.807) is 30.3 Å². The fourth-order valence-corrected chi connectivity index (χ4v) is 4.23. The van der Waals surface area contributed by atoms with Gasteiger partial charge in [-0.05, 0) is 56.3 Å². The summed E-state index contributed by atoms with van der Waals surface area (Å²) >= 11 is 1.17. The van der Waals surface area contributed by atoms with Gasteiger partial charge in [0.1, 0.15) is 5.75 Å². The molecule has 7 nitrogen and oxygen atoms in total. The number of ketones is 1. The second kappa shape index (κ2) is 10.3. The first-order chi connectivity index (χ1) is 15.3. The molecule has 1 aliphatic heterocycles. The Morgan fingerprint density at radius 3 is 2.50 bits per heavy atom. The second-order valence-corrected chi connectivity index (χ2v) is 8.05. The van der Waals surface area contributed by atoms with E-state index in [-0.39, 0.29) is 22.9 Å². The predicted octanol–water partition coefficient (Wildman–Crippen LogP) is 4.76. The van der Waals surface area contributed by atoms with Gasteiger partial charge in [0.25, 0.3) is 5.91 Å². The third-order valence-corrected chi connectivity index (χ3v) is 5.86. The second-order valence-electron chi connectivity index (χ2n) is 7.04. The molecular formula is C24H24N2O5S. The van der Waals surface area contributed by atoms with Crippen LogP contribution in [-0.4, -0.2) is 45.5 Å². The van der Waals surface area contributed by atoms with Crippen LogP contribution in [0.15, 0.2) is 58.4 Å². The number of Topliss-reactive ketones (excluding diaryl/α,β-unsaturated/α-hetero) is 1. The van der Waals surface area contributed by atoms with Gasteiger partial charge in [0.05, 0.1) is 16.2 Å². The first-order valence-corrected chi connectivity index (χ1v) is 11.1. The molecule has 1 N–H and O–H groups in total. The Kier molecular flexibility index (Phi) is 7.48. The minimum Gasteiger partial charge on any atom is -0.482 e. The summed E-state index contributed by atoms with van der Waals surface area (Å²) in [7, 11) is 0. The van der Waals surface area contributed by atoms with Crippen LogP contribution in [0, 0.1) is 0 Å². The van der Waals surface area contributed by atoms with Crippen molar-refractivity contribution in [2.75, 3.05) is 6.54 Å². The summed E-state index contributed by atoms with van der Waals surface area (Å²) in [6.45, 7) is 5.58. The fraction of sp³-hybridized carbons (Fsp3) is 0.250. The van der Waals surface area contributed by atoms with Crippen LogP contribution in [0.2, 0.25) is 0 Å². The molecule has 1 unspecified atom stereocenters. The average Bonchev–Trinajstić information content (AvgIpc) is 3.06. The number of carbonyl (C=O) groups excluding carboxylic acids is 2. The maximum atomic E-state index is 13.0. The van der Waals surface area contributed by atoms with Crippen molar-refractivity contribution in [3.05, 3.63) is 64.6 Å². The molecule has 1 amide bonds. The Balaban J connectivity index is 1.97. The number of amidine groups is 1. The standard InChI is InChI=1S/C24H24N2O5S/c1-4-19(15(3)27)31-20-13-9-6-10-16(20)14-21-22(28)26(5-2)24(32-21)25-18-12-8-7-11-17(18)23(29)30/h6-14,19H,4-5H2,1-3H3,(H,29,30)/b21-14-,25-24?. The molecule has 1 saturated heterocycles. The smallest absolute Gasteiger partial charge is 0.337 e. The van der Waals surface area contributed by atoms with Gasteiger partial charge in [0.15, 0.2) is 17.1 Å². The minimum atomic E-state index is -1.08. The summed E-state index contributed by atoms with van der Waals surface area (Å²) in [5.41, 5.74) is 1.02. The molecule has 1 heterocycles. The topological polar surface area (TPSA) is 96.3 Å². The molecule has 3 rings (SSSR count). The molecule has 0 spiro atoms. The Hall–Kier alpha value is -3.39. The summed E-state index contributed by atoms with van der Waals surface area (Å²) in [6.07, 6.45) is 1.69. The Bertz CT molecular complexity index is 1110. The highest BCUT2D eigenvalue weighted by atomic mass is 32.2. The number of carbonyl (C=O) groups is 3. The number of hydrogen-bond donors (Lipinski definition) is 1. The van der Waals surface area contributed by atoms with E-state index in [4.69, 9.17) is 4.74 Å². The van der Waals surface area contributed by atoms with Crippen LogP contribution in [-0.2, 0) is 9.59 Å². The van der Waals surface area contributed by atoms with Crippen molar-refractivity contribution in [1.29, 1.82) is 0 Å². The average molecular weight is 453 g/mol. The molecule has 2 aromatic rings. The van der Waals surface area contributed by atoms with Crippen LogP contribution >= 0.6 is 11.8 Å². The lowest BCUT2D eigenvalue weighted by molar-refractivity contribution is -0.124. The normalized spacial score (nSPS) is 17.1. The van der Waals surface area contributed by atoms with Crippen LogP contribution in [0.4, 0.5) is 5.69 Å². The maximum Gasteiger partial charge on any atom is 0.337 e. The lowest BCUT2D eigenvalue weighted by Gasteiger charge is -2.16. The lowest BCUT2D eigenvalue weighted by Crippen LogP contribution is -2.28. The molecule has 166 valence electrons. The molecule has 1 fully saturated rings. The number of amides is 1. The molecular weight excluding hydrogens is 428 g/mol. The first kappa shape index (κ1) is 23.3. The lowest BCUT2D eigenvalue weighted by atomic mass is 10.1. The van der Waals surface area contributed by atoms with E-state index in [0.29, 0.717) is 34.4 Å². The van der Waals surface area contributed by atoms with E-state index in [0.717, 1.165) is 0 Å². The number of hydrogen-bond acceptors (Lipinski definition) is 6. The fourth-order valence-electron chi connectivity index (χ4n) is 3.18. The number of aliphatic imine (C=N–C) groups is 1. The number of aromatic carboxylic acids is 1. The largest absolute Gasteiger partial charge is 0.482 e. The van der Waals surface area contributed by atoms with E-state index in [2.05, 4.69) is 4.99 Å². The number of ether oxygens (including phenoxy) is 1. The molecule has 0 aromatic heterocycles. The highest BCUT2D eigenvalue weighted by molar-refractivity contribution is 8.18. The highest BCUT2D eigenvalue weighted by Crippen LogP contribution is 2.36.